The predicted octanol–water partition coefficient (Wildman–Crippen LogP) is 3.63. The number of hydrogen-bond donors (Lipinski definition) is 2. The van der Waals surface area contributed by atoms with Gasteiger partial charge in [-0.15, -0.1) is 0 Å². The number of nitrogens with one attached hydrogen (secondary N) is 2. The fraction of sp³-hybridized carbons (Fsp3) is 0.300. The molecule has 0 heterocycles. The molecule has 2 rings (SSSR count). The molecule has 2 aromatic carbocycles. The third kappa shape index (κ3) is 4.83. The summed E-state index contributed by atoms with van der Waals surface area (Å²) in [6.45, 7) is 6.18. The molecule has 2 aromatic rings. The Morgan fingerprint density at radius 3 is 1.96 bits per heavy atom. The number of rotatable bonds is 3. The van der Waals surface area contributed by atoms with E-state index in [0.717, 1.165) is 11.3 Å². The van der Waals surface area contributed by atoms with Gasteiger partial charge in [-0.2, -0.15) is 0 Å². The normalized spacial score (nSPS) is 10.9. The van der Waals surface area contributed by atoms with Gasteiger partial charge in [-0.3, -0.25) is 9.59 Å². The van der Waals surface area contributed by atoms with E-state index >= 15 is 0 Å². The van der Waals surface area contributed by atoms with Crippen LogP contribution in [0.25, 0.3) is 0 Å². The maximum Gasteiger partial charge on any atom is 0.314 e. The van der Waals surface area contributed by atoms with Crippen molar-refractivity contribution in [2.45, 2.75) is 26.2 Å². The number of para-hydroxylation sites is 1. The molecule has 2 N–H and O–H groups in total. The van der Waals surface area contributed by atoms with E-state index in [1.807, 2.05) is 49.3 Å². The van der Waals surface area contributed by atoms with Crippen LogP contribution in [0.3, 0.4) is 0 Å². The van der Waals surface area contributed by atoms with Crippen molar-refractivity contribution in [2.24, 2.45) is 0 Å². The zero-order chi connectivity index (χ0) is 18.6. The van der Waals surface area contributed by atoms with Gasteiger partial charge >= 0.3 is 11.8 Å². The predicted molar refractivity (Wildman–Crippen MR) is 103 cm³/mol. The lowest BCUT2D eigenvalue weighted by molar-refractivity contribution is -0.133. The van der Waals surface area contributed by atoms with Gasteiger partial charge in [0.05, 0.1) is 0 Å². The SMILES string of the molecule is CN(C)c1ccc(NC(=O)C(=O)Nc2ccccc2C(C)(C)C)cc1. The third-order valence-electron chi connectivity index (χ3n) is 3.83. The Morgan fingerprint density at radius 1 is 0.840 bits per heavy atom. The molecule has 0 saturated carbocycles. The molecule has 0 atom stereocenters. The minimum Gasteiger partial charge on any atom is -0.378 e. The van der Waals surface area contributed by atoms with Crippen LogP contribution in [0.15, 0.2) is 48.5 Å². The highest BCUT2D eigenvalue weighted by Gasteiger charge is 2.21. The topological polar surface area (TPSA) is 61.4 Å². The lowest BCUT2D eigenvalue weighted by Gasteiger charge is -2.22. The lowest BCUT2D eigenvalue weighted by Crippen LogP contribution is -2.30. The van der Waals surface area contributed by atoms with Crippen LogP contribution in [0.4, 0.5) is 17.1 Å². The van der Waals surface area contributed by atoms with Crippen molar-refractivity contribution in [3.05, 3.63) is 54.1 Å². The van der Waals surface area contributed by atoms with Gasteiger partial charge < -0.3 is 15.5 Å². The Labute approximate surface area is 149 Å². The minimum absolute atomic E-state index is 0.137. The molecular formula is C20H25N3O2. The smallest absolute Gasteiger partial charge is 0.314 e. The number of nitrogens with zero attached hydrogens (tertiary/aromatic N) is 1. The number of carbonyl (C=O) groups excluding carboxylic acids is 2. The zero-order valence-corrected chi connectivity index (χ0v) is 15.4. The fourth-order valence-electron chi connectivity index (χ4n) is 2.46. The monoisotopic (exact) mass is 339 g/mol. The Morgan fingerprint density at radius 2 is 1.40 bits per heavy atom. The van der Waals surface area contributed by atoms with E-state index in [1.54, 1.807) is 18.2 Å². The second kappa shape index (κ2) is 7.38. The molecule has 0 bridgehead atoms. The second-order valence-electron chi connectivity index (χ2n) is 7.15. The van der Waals surface area contributed by atoms with E-state index in [4.69, 9.17) is 0 Å². The van der Waals surface area contributed by atoms with Crippen molar-refractivity contribution in [3.8, 4) is 0 Å². The van der Waals surface area contributed by atoms with E-state index in [0.29, 0.717) is 11.4 Å². The van der Waals surface area contributed by atoms with Crippen molar-refractivity contribution in [2.75, 3.05) is 29.6 Å². The molecule has 0 spiro atoms. The molecule has 0 aliphatic carbocycles. The second-order valence-corrected chi connectivity index (χ2v) is 7.15. The molecule has 0 aliphatic heterocycles. The van der Waals surface area contributed by atoms with E-state index in [1.165, 1.54) is 0 Å². The van der Waals surface area contributed by atoms with E-state index < -0.39 is 11.8 Å². The molecule has 2 amide bonds. The zero-order valence-electron chi connectivity index (χ0n) is 15.4. The highest BCUT2D eigenvalue weighted by molar-refractivity contribution is 6.43. The van der Waals surface area contributed by atoms with Gasteiger partial charge in [0.2, 0.25) is 0 Å². The maximum absolute atomic E-state index is 12.2. The number of benzene rings is 2. The maximum atomic E-state index is 12.2. The first-order chi connectivity index (χ1) is 11.7. The van der Waals surface area contributed by atoms with Crippen LogP contribution in [0.2, 0.25) is 0 Å². The third-order valence-corrected chi connectivity index (χ3v) is 3.83. The quantitative estimate of drug-likeness (QED) is 0.840. The Hall–Kier alpha value is -2.82. The molecule has 5 heteroatoms. The molecule has 25 heavy (non-hydrogen) atoms. The minimum atomic E-state index is -0.693. The largest absolute Gasteiger partial charge is 0.378 e. The van der Waals surface area contributed by atoms with E-state index in [-0.39, 0.29) is 5.41 Å². The van der Waals surface area contributed by atoms with Crippen LogP contribution in [-0.2, 0) is 15.0 Å². The van der Waals surface area contributed by atoms with Crippen LogP contribution in [-0.4, -0.2) is 25.9 Å². The molecule has 0 radical (unpaired) electrons. The molecule has 5 nitrogen and oxygen atoms in total. The van der Waals surface area contributed by atoms with Crippen LogP contribution in [0.5, 0.6) is 0 Å². The van der Waals surface area contributed by atoms with Crippen molar-refractivity contribution in [1.82, 2.24) is 0 Å². The molecule has 0 fully saturated rings. The summed E-state index contributed by atoms with van der Waals surface area (Å²) in [5, 5.41) is 5.32. The van der Waals surface area contributed by atoms with Crippen LogP contribution < -0.4 is 15.5 Å². The van der Waals surface area contributed by atoms with Crippen LogP contribution >= 0.6 is 0 Å². The first-order valence-corrected chi connectivity index (χ1v) is 8.17. The molecule has 0 unspecified atom stereocenters. The van der Waals surface area contributed by atoms with Crippen molar-refractivity contribution >= 4 is 28.9 Å². The molecule has 0 aliphatic rings. The van der Waals surface area contributed by atoms with E-state index in [2.05, 4.69) is 31.4 Å². The van der Waals surface area contributed by atoms with E-state index in [9.17, 15) is 9.59 Å². The summed E-state index contributed by atoms with van der Waals surface area (Å²) < 4.78 is 0. The number of hydrogen-bond acceptors (Lipinski definition) is 3. The highest BCUT2D eigenvalue weighted by Crippen LogP contribution is 2.29. The Bertz CT molecular complexity index is 759. The molecule has 132 valence electrons. The van der Waals surface area contributed by atoms with Crippen LogP contribution in [0.1, 0.15) is 26.3 Å². The summed E-state index contributed by atoms with van der Waals surface area (Å²) in [5.74, 6) is -1.38. The highest BCUT2D eigenvalue weighted by atomic mass is 16.2. The standard InChI is InChI=1S/C20H25N3O2/c1-20(2,3)16-8-6-7-9-17(16)22-19(25)18(24)21-14-10-12-15(13-11-14)23(4)5/h6-13H,1-5H3,(H,21,24)(H,22,25). The van der Waals surface area contributed by atoms with Crippen LogP contribution in [0, 0.1) is 0 Å². The van der Waals surface area contributed by atoms with Gasteiger partial charge in [-0.25, -0.2) is 0 Å². The Balaban J connectivity index is 2.07. The molecular weight excluding hydrogens is 314 g/mol. The number of amides is 2. The van der Waals surface area contributed by atoms with Gasteiger partial charge in [0, 0.05) is 31.2 Å². The molecule has 0 saturated heterocycles. The first-order valence-electron chi connectivity index (χ1n) is 8.17. The lowest BCUT2D eigenvalue weighted by atomic mass is 9.86. The molecule has 0 aromatic heterocycles. The summed E-state index contributed by atoms with van der Waals surface area (Å²) in [7, 11) is 3.88. The van der Waals surface area contributed by atoms with Crippen molar-refractivity contribution in [3.63, 3.8) is 0 Å². The van der Waals surface area contributed by atoms with Gasteiger partial charge in [-0.1, -0.05) is 39.0 Å². The van der Waals surface area contributed by atoms with Crippen molar-refractivity contribution in [1.29, 1.82) is 0 Å². The average molecular weight is 339 g/mol. The van der Waals surface area contributed by atoms with Gasteiger partial charge in [0.1, 0.15) is 0 Å². The van der Waals surface area contributed by atoms with Gasteiger partial charge in [0.15, 0.2) is 0 Å². The fourth-order valence-corrected chi connectivity index (χ4v) is 2.46. The summed E-state index contributed by atoms with van der Waals surface area (Å²) in [6, 6.07) is 14.8. The summed E-state index contributed by atoms with van der Waals surface area (Å²) >= 11 is 0. The number of carbonyl (C=O) groups is 2. The first kappa shape index (κ1) is 18.5. The van der Waals surface area contributed by atoms with Crippen molar-refractivity contribution < 1.29 is 9.59 Å². The number of anilines is 3. The van der Waals surface area contributed by atoms with Gasteiger partial charge in [-0.05, 0) is 41.3 Å². The summed E-state index contributed by atoms with van der Waals surface area (Å²) in [4.78, 5) is 26.4. The van der Waals surface area contributed by atoms with Gasteiger partial charge in [0.25, 0.3) is 0 Å². The summed E-state index contributed by atoms with van der Waals surface area (Å²) in [6.07, 6.45) is 0. The Kier molecular flexibility index (Phi) is 5.47. The average Bonchev–Trinajstić information content (AvgIpc) is 2.54. The summed E-state index contributed by atoms with van der Waals surface area (Å²) in [5.41, 5.74) is 3.09.